The number of aryl methyl sites for hydroxylation is 2. The Morgan fingerprint density at radius 2 is 2.00 bits per heavy atom. The summed E-state index contributed by atoms with van der Waals surface area (Å²) in [4.78, 5) is 31.5. The third-order valence-electron chi connectivity index (χ3n) is 3.85. The molecule has 3 aromatic rings. The Morgan fingerprint density at radius 1 is 1.28 bits per heavy atom. The highest BCUT2D eigenvalue weighted by Gasteiger charge is 2.21. The second-order valence-electron chi connectivity index (χ2n) is 5.70. The van der Waals surface area contributed by atoms with E-state index in [9.17, 15) is 9.59 Å². The van der Waals surface area contributed by atoms with E-state index in [4.69, 9.17) is 23.2 Å². The normalized spacial score (nSPS) is 12.4. The monoisotopic (exact) mass is 395 g/mol. The summed E-state index contributed by atoms with van der Waals surface area (Å²) >= 11 is 13.5. The van der Waals surface area contributed by atoms with Gasteiger partial charge in [0.25, 0.3) is 5.56 Å². The number of carbonyl (C=O) groups excluding carboxylic acids is 1. The number of benzene rings is 1. The number of amides is 1. The Kier molecular flexibility index (Phi) is 4.86. The summed E-state index contributed by atoms with van der Waals surface area (Å²) in [5.41, 5.74) is 0.170. The van der Waals surface area contributed by atoms with Crippen molar-refractivity contribution in [1.29, 1.82) is 0 Å². The summed E-state index contributed by atoms with van der Waals surface area (Å²) in [5.74, 6) is 0.113. The van der Waals surface area contributed by atoms with E-state index < -0.39 is 6.04 Å². The van der Waals surface area contributed by atoms with Crippen LogP contribution in [0.25, 0.3) is 10.2 Å². The standard InChI is InChI=1S/C17H15Cl2N3O2S/c1-8-6-12-16(25-8)20-10(3)22(17(12)24)9(2)15(23)21-14-7-11(18)4-5-13(14)19/h4-7,9H,1-3H3,(H,21,23). The van der Waals surface area contributed by atoms with Crippen LogP contribution in [0.3, 0.4) is 0 Å². The molecule has 0 aliphatic carbocycles. The fourth-order valence-corrected chi connectivity index (χ4v) is 3.87. The van der Waals surface area contributed by atoms with Gasteiger partial charge in [-0.1, -0.05) is 23.2 Å². The lowest BCUT2D eigenvalue weighted by molar-refractivity contribution is -0.118. The molecule has 8 heteroatoms. The first-order valence-electron chi connectivity index (χ1n) is 7.53. The van der Waals surface area contributed by atoms with Crippen LogP contribution >= 0.6 is 34.5 Å². The molecule has 1 aromatic carbocycles. The predicted octanol–water partition coefficient (Wildman–Crippen LogP) is 4.58. The predicted molar refractivity (Wildman–Crippen MR) is 103 cm³/mol. The molecule has 1 amide bonds. The van der Waals surface area contributed by atoms with Crippen LogP contribution in [-0.2, 0) is 4.79 Å². The molecule has 2 heterocycles. The van der Waals surface area contributed by atoms with Gasteiger partial charge in [-0.15, -0.1) is 11.3 Å². The molecule has 2 aromatic heterocycles. The molecule has 5 nitrogen and oxygen atoms in total. The number of hydrogen-bond donors (Lipinski definition) is 1. The average molecular weight is 396 g/mol. The lowest BCUT2D eigenvalue weighted by atomic mass is 10.2. The van der Waals surface area contributed by atoms with Crippen molar-refractivity contribution in [1.82, 2.24) is 9.55 Å². The van der Waals surface area contributed by atoms with E-state index in [0.29, 0.717) is 31.8 Å². The topological polar surface area (TPSA) is 64.0 Å². The molecular formula is C17H15Cl2N3O2S. The van der Waals surface area contributed by atoms with Gasteiger partial charge in [-0.2, -0.15) is 0 Å². The first-order chi connectivity index (χ1) is 11.8. The minimum absolute atomic E-state index is 0.230. The van der Waals surface area contributed by atoms with Gasteiger partial charge in [0.05, 0.1) is 16.1 Å². The Bertz CT molecular complexity index is 1040. The van der Waals surface area contributed by atoms with Crippen molar-refractivity contribution in [2.24, 2.45) is 0 Å². The van der Waals surface area contributed by atoms with E-state index in [1.807, 2.05) is 6.92 Å². The average Bonchev–Trinajstić information content (AvgIpc) is 2.91. The van der Waals surface area contributed by atoms with E-state index >= 15 is 0 Å². The molecule has 1 unspecified atom stereocenters. The number of aromatic nitrogens is 2. The minimum atomic E-state index is -0.750. The summed E-state index contributed by atoms with van der Waals surface area (Å²) in [6.45, 7) is 5.28. The summed E-state index contributed by atoms with van der Waals surface area (Å²) < 4.78 is 1.39. The van der Waals surface area contributed by atoms with Gasteiger partial charge in [-0.05, 0) is 45.0 Å². The van der Waals surface area contributed by atoms with Gasteiger partial charge in [0.1, 0.15) is 16.7 Å². The van der Waals surface area contributed by atoms with Crippen molar-refractivity contribution in [3.8, 4) is 0 Å². The zero-order chi connectivity index (χ0) is 18.3. The van der Waals surface area contributed by atoms with Crippen LogP contribution in [0.2, 0.25) is 10.0 Å². The fraction of sp³-hybridized carbons (Fsp3) is 0.235. The van der Waals surface area contributed by atoms with E-state index in [2.05, 4.69) is 10.3 Å². The van der Waals surface area contributed by atoms with Crippen LogP contribution in [0, 0.1) is 13.8 Å². The molecule has 1 atom stereocenters. The van der Waals surface area contributed by atoms with Crippen LogP contribution in [-0.4, -0.2) is 15.5 Å². The van der Waals surface area contributed by atoms with Crippen LogP contribution in [0.4, 0.5) is 5.69 Å². The number of thiophene rings is 1. The first-order valence-corrected chi connectivity index (χ1v) is 9.10. The van der Waals surface area contributed by atoms with E-state index in [1.165, 1.54) is 15.9 Å². The van der Waals surface area contributed by atoms with Gasteiger partial charge < -0.3 is 5.32 Å². The van der Waals surface area contributed by atoms with Crippen molar-refractivity contribution in [3.63, 3.8) is 0 Å². The highest BCUT2D eigenvalue weighted by atomic mass is 35.5. The summed E-state index contributed by atoms with van der Waals surface area (Å²) in [6, 6.07) is 5.84. The molecule has 0 bridgehead atoms. The maximum absolute atomic E-state index is 12.8. The van der Waals surface area contributed by atoms with Crippen molar-refractivity contribution in [2.45, 2.75) is 26.8 Å². The number of halogens is 2. The van der Waals surface area contributed by atoms with Gasteiger partial charge in [0, 0.05) is 9.90 Å². The van der Waals surface area contributed by atoms with Crippen molar-refractivity contribution >= 4 is 56.3 Å². The molecule has 3 rings (SSSR count). The Labute approximate surface area is 158 Å². The van der Waals surface area contributed by atoms with Gasteiger partial charge in [-0.3, -0.25) is 14.2 Å². The second kappa shape index (κ2) is 6.78. The maximum atomic E-state index is 12.8. The summed E-state index contributed by atoms with van der Waals surface area (Å²) in [7, 11) is 0. The molecule has 0 saturated carbocycles. The number of anilines is 1. The lowest BCUT2D eigenvalue weighted by Crippen LogP contribution is -2.33. The van der Waals surface area contributed by atoms with Gasteiger partial charge in [-0.25, -0.2) is 4.98 Å². The van der Waals surface area contributed by atoms with Gasteiger partial charge >= 0.3 is 0 Å². The molecule has 0 spiro atoms. The largest absolute Gasteiger partial charge is 0.323 e. The molecule has 1 N–H and O–H groups in total. The number of rotatable bonds is 3. The highest BCUT2D eigenvalue weighted by Crippen LogP contribution is 2.26. The zero-order valence-corrected chi connectivity index (χ0v) is 16.1. The van der Waals surface area contributed by atoms with Crippen molar-refractivity contribution in [3.05, 3.63) is 55.4 Å². The Balaban J connectivity index is 1.98. The molecular weight excluding hydrogens is 381 g/mol. The third-order valence-corrected chi connectivity index (χ3v) is 5.36. The highest BCUT2D eigenvalue weighted by molar-refractivity contribution is 7.18. The molecule has 130 valence electrons. The van der Waals surface area contributed by atoms with E-state index in [1.54, 1.807) is 38.1 Å². The SMILES string of the molecule is Cc1cc2c(=O)n(C(C)C(=O)Nc3cc(Cl)ccc3Cl)c(C)nc2s1. The number of hydrogen-bond acceptors (Lipinski definition) is 4. The summed E-state index contributed by atoms with van der Waals surface area (Å²) in [5, 5.41) is 4.07. The van der Waals surface area contributed by atoms with Crippen molar-refractivity contribution in [2.75, 3.05) is 5.32 Å². The maximum Gasteiger partial charge on any atom is 0.263 e. The van der Waals surface area contributed by atoms with Gasteiger partial charge in [0.2, 0.25) is 5.91 Å². The molecule has 25 heavy (non-hydrogen) atoms. The summed E-state index contributed by atoms with van der Waals surface area (Å²) in [6.07, 6.45) is 0. The third kappa shape index (κ3) is 3.42. The molecule has 0 radical (unpaired) electrons. The number of carbonyl (C=O) groups is 1. The lowest BCUT2D eigenvalue weighted by Gasteiger charge is -2.18. The molecule has 0 fully saturated rings. The molecule has 0 saturated heterocycles. The van der Waals surface area contributed by atoms with Crippen LogP contribution in [0.15, 0.2) is 29.1 Å². The number of nitrogens with zero attached hydrogens (tertiary/aromatic N) is 2. The fourth-order valence-electron chi connectivity index (χ4n) is 2.62. The van der Waals surface area contributed by atoms with E-state index in [-0.39, 0.29) is 11.5 Å². The quantitative estimate of drug-likeness (QED) is 0.705. The van der Waals surface area contributed by atoms with Gasteiger partial charge in [0.15, 0.2) is 0 Å². The molecule has 0 aliphatic rings. The Morgan fingerprint density at radius 3 is 2.72 bits per heavy atom. The first kappa shape index (κ1) is 17.9. The number of fused-ring (bicyclic) bond motifs is 1. The molecule has 0 aliphatic heterocycles. The number of nitrogens with one attached hydrogen (secondary N) is 1. The zero-order valence-electron chi connectivity index (χ0n) is 13.8. The second-order valence-corrected chi connectivity index (χ2v) is 7.78. The van der Waals surface area contributed by atoms with E-state index in [0.717, 1.165) is 4.88 Å². The smallest absolute Gasteiger partial charge is 0.263 e. The van der Waals surface area contributed by atoms with Crippen LogP contribution in [0.1, 0.15) is 23.7 Å². The minimum Gasteiger partial charge on any atom is -0.323 e. The van der Waals surface area contributed by atoms with Crippen LogP contribution < -0.4 is 10.9 Å². The van der Waals surface area contributed by atoms with Crippen molar-refractivity contribution < 1.29 is 4.79 Å². The van der Waals surface area contributed by atoms with Crippen LogP contribution in [0.5, 0.6) is 0 Å². The Hall–Kier alpha value is -1.89.